The first-order valence-electron chi connectivity index (χ1n) is 6.87. The van der Waals surface area contributed by atoms with E-state index in [1.54, 1.807) is 0 Å². The number of rotatable bonds is 3. The number of piperidine rings is 1. The summed E-state index contributed by atoms with van der Waals surface area (Å²) < 4.78 is 0. The Hall–Kier alpha value is -0.570. The molecule has 1 fully saturated rings. The molecule has 1 aliphatic rings. The normalized spacial score (nSPS) is 26.1. The molecule has 2 atom stereocenters. The molecule has 1 aliphatic heterocycles. The molecule has 0 aromatic heterocycles. The molecule has 0 radical (unpaired) electrons. The Kier molecular flexibility index (Phi) is 4.99. The first kappa shape index (κ1) is 14.5. The Morgan fingerprint density at radius 3 is 2.12 bits per heavy atom. The van der Waals surface area contributed by atoms with Gasteiger partial charge in [-0.1, -0.05) is 34.6 Å². The largest absolute Gasteiger partial charge is 0.341 e. The van der Waals surface area contributed by atoms with Crippen molar-refractivity contribution in [2.24, 2.45) is 29.4 Å². The van der Waals surface area contributed by atoms with Crippen LogP contribution in [0.3, 0.4) is 0 Å². The lowest BCUT2D eigenvalue weighted by molar-refractivity contribution is -0.140. The number of hydrogen-bond donors (Lipinski definition) is 1. The van der Waals surface area contributed by atoms with Crippen molar-refractivity contribution in [1.29, 1.82) is 0 Å². The minimum Gasteiger partial charge on any atom is -0.341 e. The molecule has 0 aromatic rings. The molecular formula is C14H28N2O. The van der Waals surface area contributed by atoms with E-state index in [1.807, 2.05) is 4.90 Å². The topological polar surface area (TPSA) is 46.3 Å². The summed E-state index contributed by atoms with van der Waals surface area (Å²) in [4.78, 5) is 14.5. The molecule has 0 aliphatic carbocycles. The van der Waals surface area contributed by atoms with Crippen LogP contribution in [0, 0.1) is 23.7 Å². The highest BCUT2D eigenvalue weighted by atomic mass is 16.2. The molecule has 3 heteroatoms. The maximum atomic E-state index is 12.5. The number of amides is 1. The van der Waals surface area contributed by atoms with E-state index in [4.69, 9.17) is 5.73 Å². The van der Waals surface area contributed by atoms with Crippen LogP contribution >= 0.6 is 0 Å². The van der Waals surface area contributed by atoms with Crippen molar-refractivity contribution in [3.05, 3.63) is 0 Å². The lowest BCUT2D eigenvalue weighted by Crippen LogP contribution is -2.51. The summed E-state index contributed by atoms with van der Waals surface area (Å²) in [5.41, 5.74) is 6.01. The van der Waals surface area contributed by atoms with Crippen molar-refractivity contribution in [3.63, 3.8) is 0 Å². The third-order valence-electron chi connectivity index (χ3n) is 3.73. The van der Waals surface area contributed by atoms with Gasteiger partial charge in [0.25, 0.3) is 0 Å². The van der Waals surface area contributed by atoms with Gasteiger partial charge in [0.05, 0.1) is 0 Å². The number of carbonyl (C=O) groups excluding carboxylic acids is 1. The second-order valence-electron chi connectivity index (χ2n) is 6.36. The lowest BCUT2D eigenvalue weighted by Gasteiger charge is -2.38. The molecule has 1 heterocycles. The highest BCUT2D eigenvalue weighted by Crippen LogP contribution is 2.25. The highest BCUT2D eigenvalue weighted by Gasteiger charge is 2.33. The van der Waals surface area contributed by atoms with E-state index in [0.29, 0.717) is 23.7 Å². The zero-order valence-corrected chi connectivity index (χ0v) is 11.9. The van der Waals surface area contributed by atoms with Crippen LogP contribution in [0.15, 0.2) is 0 Å². The van der Waals surface area contributed by atoms with Crippen molar-refractivity contribution >= 4 is 5.91 Å². The van der Waals surface area contributed by atoms with Crippen molar-refractivity contribution in [3.8, 4) is 0 Å². The fraction of sp³-hybridized carbons (Fsp3) is 0.929. The molecule has 100 valence electrons. The predicted molar refractivity (Wildman–Crippen MR) is 71.5 cm³/mol. The van der Waals surface area contributed by atoms with Crippen LogP contribution in [0.1, 0.15) is 41.0 Å². The van der Waals surface area contributed by atoms with Crippen LogP contribution in [0.2, 0.25) is 0 Å². The second kappa shape index (κ2) is 5.85. The number of hydrogen-bond acceptors (Lipinski definition) is 2. The molecule has 3 nitrogen and oxygen atoms in total. The second-order valence-corrected chi connectivity index (χ2v) is 6.36. The van der Waals surface area contributed by atoms with E-state index in [2.05, 4.69) is 34.6 Å². The Morgan fingerprint density at radius 2 is 1.71 bits per heavy atom. The summed E-state index contributed by atoms with van der Waals surface area (Å²) in [6.07, 6.45) is 1.04. The third-order valence-corrected chi connectivity index (χ3v) is 3.73. The number of nitrogens with two attached hydrogens (primary N) is 1. The number of likely N-dealkylation sites (tertiary alicyclic amines) is 1. The molecule has 1 rings (SSSR count). The summed E-state index contributed by atoms with van der Waals surface area (Å²) in [5, 5.41) is 0. The quantitative estimate of drug-likeness (QED) is 0.821. The third kappa shape index (κ3) is 3.70. The van der Waals surface area contributed by atoms with Gasteiger partial charge in [-0.25, -0.2) is 0 Å². The highest BCUT2D eigenvalue weighted by molar-refractivity contribution is 5.79. The monoisotopic (exact) mass is 240 g/mol. The van der Waals surface area contributed by atoms with Crippen molar-refractivity contribution in [2.75, 3.05) is 13.1 Å². The summed E-state index contributed by atoms with van der Waals surface area (Å²) in [7, 11) is 0. The molecule has 1 saturated heterocycles. The van der Waals surface area contributed by atoms with Crippen LogP contribution in [0.5, 0.6) is 0 Å². The minimum absolute atomic E-state index is 0.132. The van der Waals surface area contributed by atoms with Gasteiger partial charge >= 0.3 is 0 Å². The SMILES string of the molecule is CC1CC(N)CN(C(=O)C(C(C)C)C(C)C)C1. The van der Waals surface area contributed by atoms with Gasteiger partial charge in [-0.3, -0.25) is 4.79 Å². The molecule has 0 saturated carbocycles. The first-order chi connectivity index (χ1) is 7.82. The first-order valence-corrected chi connectivity index (χ1v) is 6.87. The van der Waals surface area contributed by atoms with Crippen molar-refractivity contribution < 1.29 is 4.79 Å². The summed E-state index contributed by atoms with van der Waals surface area (Å²) in [5.74, 6) is 1.76. The molecule has 17 heavy (non-hydrogen) atoms. The molecular weight excluding hydrogens is 212 g/mol. The van der Waals surface area contributed by atoms with E-state index >= 15 is 0 Å². The van der Waals surface area contributed by atoms with Gasteiger partial charge in [-0.05, 0) is 24.2 Å². The molecule has 1 amide bonds. The average molecular weight is 240 g/mol. The van der Waals surface area contributed by atoms with Gasteiger partial charge in [0.1, 0.15) is 0 Å². The molecule has 0 aromatic carbocycles. The summed E-state index contributed by atoms with van der Waals surface area (Å²) in [6, 6.07) is 0.155. The van der Waals surface area contributed by atoms with E-state index in [1.165, 1.54) is 0 Å². The van der Waals surface area contributed by atoms with Crippen LogP contribution in [0.4, 0.5) is 0 Å². The zero-order chi connectivity index (χ0) is 13.2. The molecule has 2 N–H and O–H groups in total. The van der Waals surface area contributed by atoms with E-state index in [0.717, 1.165) is 19.5 Å². The number of carbonyl (C=O) groups is 1. The van der Waals surface area contributed by atoms with E-state index in [-0.39, 0.29) is 12.0 Å². The summed E-state index contributed by atoms with van der Waals surface area (Å²) in [6.45, 7) is 12.3. The Bertz CT molecular complexity index is 245. The fourth-order valence-corrected chi connectivity index (χ4v) is 3.13. The Morgan fingerprint density at radius 1 is 1.18 bits per heavy atom. The van der Waals surface area contributed by atoms with Gasteiger partial charge in [0.2, 0.25) is 5.91 Å². The summed E-state index contributed by atoms with van der Waals surface area (Å²) >= 11 is 0. The van der Waals surface area contributed by atoms with Crippen LogP contribution in [0.25, 0.3) is 0 Å². The van der Waals surface area contributed by atoms with Crippen molar-refractivity contribution in [1.82, 2.24) is 4.90 Å². The van der Waals surface area contributed by atoms with Gasteiger partial charge < -0.3 is 10.6 Å². The molecule has 0 spiro atoms. The molecule has 2 unspecified atom stereocenters. The lowest BCUT2D eigenvalue weighted by atomic mass is 9.83. The van der Waals surface area contributed by atoms with Crippen molar-refractivity contribution in [2.45, 2.75) is 47.1 Å². The van der Waals surface area contributed by atoms with Crippen LogP contribution in [-0.2, 0) is 4.79 Å². The maximum Gasteiger partial charge on any atom is 0.226 e. The maximum absolute atomic E-state index is 12.5. The predicted octanol–water partition coefficient (Wildman–Crippen LogP) is 2.11. The number of nitrogens with zero attached hydrogens (tertiary/aromatic N) is 1. The standard InChI is InChI=1S/C14H28N2O/c1-9(2)13(10(3)4)14(17)16-7-11(5)6-12(15)8-16/h9-13H,6-8,15H2,1-5H3. The van der Waals surface area contributed by atoms with E-state index < -0.39 is 0 Å². The smallest absolute Gasteiger partial charge is 0.226 e. The molecule has 0 bridgehead atoms. The van der Waals surface area contributed by atoms with Gasteiger partial charge in [0, 0.05) is 25.0 Å². The van der Waals surface area contributed by atoms with Crippen LogP contribution in [-0.4, -0.2) is 29.9 Å². The zero-order valence-electron chi connectivity index (χ0n) is 11.9. The van der Waals surface area contributed by atoms with Crippen LogP contribution < -0.4 is 5.73 Å². The van der Waals surface area contributed by atoms with Gasteiger partial charge in [-0.2, -0.15) is 0 Å². The Balaban J connectivity index is 2.73. The van der Waals surface area contributed by atoms with Gasteiger partial charge in [-0.15, -0.1) is 0 Å². The van der Waals surface area contributed by atoms with E-state index in [9.17, 15) is 4.79 Å². The Labute approximate surface area is 106 Å². The fourth-order valence-electron chi connectivity index (χ4n) is 3.13. The minimum atomic E-state index is 0.132. The average Bonchev–Trinajstić information content (AvgIpc) is 2.14. The van der Waals surface area contributed by atoms with Gasteiger partial charge in [0.15, 0.2) is 0 Å².